The van der Waals surface area contributed by atoms with Gasteiger partial charge in [0.05, 0.1) is 0 Å². The van der Waals surface area contributed by atoms with Crippen LogP contribution in [0.2, 0.25) is 0 Å². The van der Waals surface area contributed by atoms with Crippen molar-refractivity contribution >= 4 is 38.8 Å². The maximum atomic E-state index is 12.5. The van der Waals surface area contributed by atoms with Gasteiger partial charge in [-0.05, 0) is 37.6 Å². The molecular formula is C15H14BrNO5. The van der Waals surface area contributed by atoms with Crippen molar-refractivity contribution in [1.82, 2.24) is 4.90 Å². The van der Waals surface area contributed by atoms with Crippen LogP contribution in [-0.2, 0) is 4.79 Å². The first-order chi connectivity index (χ1) is 10.2. The van der Waals surface area contributed by atoms with Crippen molar-refractivity contribution < 1.29 is 19.1 Å². The second-order valence-corrected chi connectivity index (χ2v) is 5.88. The summed E-state index contributed by atoms with van der Waals surface area (Å²) in [4.78, 5) is 36.6. The Labute approximate surface area is 134 Å². The van der Waals surface area contributed by atoms with Gasteiger partial charge < -0.3 is 14.4 Å². The number of rotatable bonds is 3. The molecule has 0 aliphatic heterocycles. The number of aliphatic carboxylic acids is 1. The van der Waals surface area contributed by atoms with Gasteiger partial charge >= 0.3 is 11.6 Å². The van der Waals surface area contributed by atoms with Crippen molar-refractivity contribution in [2.24, 2.45) is 0 Å². The van der Waals surface area contributed by atoms with Gasteiger partial charge in [-0.3, -0.25) is 4.79 Å². The highest BCUT2D eigenvalue weighted by molar-refractivity contribution is 9.10. The molecule has 0 saturated carbocycles. The standard InChI is InChI=1S/C15H14BrNO5/c1-7-10-6-9(16)4-5-11(10)22-15(21)12(7)13(18)17(3)8(2)14(19)20/h4-6,8H,1-3H3,(H,19,20). The molecule has 1 unspecified atom stereocenters. The molecule has 1 atom stereocenters. The first-order valence-corrected chi connectivity index (χ1v) is 7.26. The summed E-state index contributed by atoms with van der Waals surface area (Å²) >= 11 is 3.33. The fourth-order valence-electron chi connectivity index (χ4n) is 2.09. The Morgan fingerprint density at radius 3 is 2.59 bits per heavy atom. The minimum Gasteiger partial charge on any atom is -0.480 e. The number of hydrogen-bond donors (Lipinski definition) is 1. The monoisotopic (exact) mass is 367 g/mol. The highest BCUT2D eigenvalue weighted by Gasteiger charge is 2.27. The summed E-state index contributed by atoms with van der Waals surface area (Å²) in [5.74, 6) is -1.83. The van der Waals surface area contributed by atoms with E-state index in [2.05, 4.69) is 15.9 Å². The highest BCUT2D eigenvalue weighted by atomic mass is 79.9. The third-order valence-electron chi connectivity index (χ3n) is 3.60. The molecule has 1 heterocycles. The Kier molecular flexibility index (Phi) is 4.37. The molecule has 6 nitrogen and oxygen atoms in total. The van der Waals surface area contributed by atoms with Crippen molar-refractivity contribution in [2.75, 3.05) is 7.05 Å². The smallest absolute Gasteiger partial charge is 0.349 e. The van der Waals surface area contributed by atoms with Gasteiger partial charge in [-0.2, -0.15) is 0 Å². The number of carboxylic acids is 1. The van der Waals surface area contributed by atoms with Gasteiger partial charge in [0.25, 0.3) is 5.91 Å². The molecule has 0 radical (unpaired) electrons. The lowest BCUT2D eigenvalue weighted by Crippen LogP contribution is -2.42. The van der Waals surface area contributed by atoms with Gasteiger partial charge in [0.2, 0.25) is 0 Å². The molecule has 0 aliphatic carbocycles. The molecule has 1 N–H and O–H groups in total. The zero-order chi connectivity index (χ0) is 16.6. The van der Waals surface area contributed by atoms with Gasteiger partial charge in [0, 0.05) is 16.9 Å². The van der Waals surface area contributed by atoms with Gasteiger partial charge in [0.1, 0.15) is 17.2 Å². The van der Waals surface area contributed by atoms with E-state index in [1.165, 1.54) is 14.0 Å². The van der Waals surface area contributed by atoms with E-state index in [0.29, 0.717) is 16.5 Å². The largest absolute Gasteiger partial charge is 0.480 e. The number of nitrogens with zero attached hydrogens (tertiary/aromatic N) is 1. The molecule has 0 aliphatic rings. The second-order valence-electron chi connectivity index (χ2n) is 4.96. The number of aryl methyl sites for hydroxylation is 1. The van der Waals surface area contributed by atoms with Gasteiger partial charge in [0.15, 0.2) is 0 Å². The number of likely N-dealkylation sites (N-methyl/N-ethyl adjacent to an activating group) is 1. The average molecular weight is 368 g/mol. The molecule has 0 fully saturated rings. The Morgan fingerprint density at radius 2 is 2.00 bits per heavy atom. The second kappa shape index (κ2) is 5.92. The Hall–Kier alpha value is -2.15. The maximum Gasteiger partial charge on any atom is 0.349 e. The molecule has 116 valence electrons. The van der Waals surface area contributed by atoms with Crippen molar-refractivity contribution in [3.05, 3.63) is 44.2 Å². The fourth-order valence-corrected chi connectivity index (χ4v) is 2.45. The summed E-state index contributed by atoms with van der Waals surface area (Å²) in [5.41, 5.74) is -0.0962. The molecule has 0 spiro atoms. The lowest BCUT2D eigenvalue weighted by molar-refractivity contribution is -0.141. The third-order valence-corrected chi connectivity index (χ3v) is 4.09. The quantitative estimate of drug-likeness (QED) is 0.841. The van der Waals surface area contributed by atoms with Crippen LogP contribution in [0.4, 0.5) is 0 Å². The number of carboxylic acid groups (broad SMARTS) is 1. The number of carbonyl (C=O) groups excluding carboxylic acids is 1. The first-order valence-electron chi connectivity index (χ1n) is 6.47. The van der Waals surface area contributed by atoms with Crippen LogP contribution in [0.5, 0.6) is 0 Å². The van der Waals surface area contributed by atoms with E-state index in [9.17, 15) is 14.4 Å². The van der Waals surface area contributed by atoms with E-state index in [1.807, 2.05) is 0 Å². The van der Waals surface area contributed by atoms with Crippen LogP contribution >= 0.6 is 15.9 Å². The van der Waals surface area contributed by atoms with Gasteiger partial charge in [-0.15, -0.1) is 0 Å². The van der Waals surface area contributed by atoms with Crippen LogP contribution < -0.4 is 5.63 Å². The molecule has 7 heteroatoms. The molecule has 1 amide bonds. The van der Waals surface area contributed by atoms with Crippen molar-refractivity contribution in [2.45, 2.75) is 19.9 Å². The van der Waals surface area contributed by atoms with Gasteiger partial charge in [-0.1, -0.05) is 15.9 Å². The predicted octanol–water partition coefficient (Wildman–Crippen LogP) is 2.41. The topological polar surface area (TPSA) is 87.8 Å². The van der Waals surface area contributed by atoms with Crippen LogP contribution in [0.25, 0.3) is 11.0 Å². The van der Waals surface area contributed by atoms with E-state index in [0.717, 1.165) is 9.37 Å². The number of fused-ring (bicyclic) bond motifs is 1. The molecule has 2 aromatic rings. The van der Waals surface area contributed by atoms with E-state index in [-0.39, 0.29) is 5.56 Å². The zero-order valence-electron chi connectivity index (χ0n) is 12.2. The predicted molar refractivity (Wildman–Crippen MR) is 84.1 cm³/mol. The summed E-state index contributed by atoms with van der Waals surface area (Å²) < 4.78 is 5.95. The fraction of sp³-hybridized carbons (Fsp3) is 0.267. The molecule has 1 aromatic carbocycles. The van der Waals surface area contributed by atoms with Crippen LogP contribution in [0, 0.1) is 6.92 Å². The Bertz CT molecular complexity index is 827. The summed E-state index contributed by atoms with van der Waals surface area (Å²) in [7, 11) is 1.34. The van der Waals surface area contributed by atoms with Crippen LogP contribution in [0.3, 0.4) is 0 Å². The van der Waals surface area contributed by atoms with Crippen molar-refractivity contribution in [1.29, 1.82) is 0 Å². The molecule has 0 saturated heterocycles. The van der Waals surface area contributed by atoms with Gasteiger partial charge in [-0.25, -0.2) is 9.59 Å². The maximum absolute atomic E-state index is 12.5. The Morgan fingerprint density at radius 1 is 1.36 bits per heavy atom. The summed E-state index contributed by atoms with van der Waals surface area (Å²) in [6, 6.07) is 4.05. The lowest BCUT2D eigenvalue weighted by atomic mass is 10.0. The minimum atomic E-state index is -1.15. The number of hydrogen-bond acceptors (Lipinski definition) is 4. The number of benzene rings is 1. The summed E-state index contributed by atoms with van der Waals surface area (Å²) in [6.45, 7) is 3.01. The van der Waals surface area contributed by atoms with E-state index in [4.69, 9.17) is 9.52 Å². The van der Waals surface area contributed by atoms with E-state index in [1.54, 1.807) is 25.1 Å². The normalized spacial score (nSPS) is 12.2. The molecule has 1 aromatic heterocycles. The molecule has 2 rings (SSSR count). The number of halogens is 1. The SMILES string of the molecule is Cc1c(C(=O)N(C)C(C)C(=O)O)c(=O)oc2ccc(Br)cc12. The van der Waals surface area contributed by atoms with Crippen molar-refractivity contribution in [3.63, 3.8) is 0 Å². The molecule has 0 bridgehead atoms. The number of carbonyl (C=O) groups is 2. The molecular weight excluding hydrogens is 354 g/mol. The highest BCUT2D eigenvalue weighted by Crippen LogP contribution is 2.24. The van der Waals surface area contributed by atoms with E-state index < -0.39 is 23.5 Å². The van der Waals surface area contributed by atoms with Crippen molar-refractivity contribution in [3.8, 4) is 0 Å². The van der Waals surface area contributed by atoms with Crippen LogP contribution in [0.15, 0.2) is 31.9 Å². The van der Waals surface area contributed by atoms with Crippen LogP contribution in [0.1, 0.15) is 22.8 Å². The number of amides is 1. The first kappa shape index (κ1) is 16.2. The minimum absolute atomic E-state index is 0.152. The molecule has 22 heavy (non-hydrogen) atoms. The lowest BCUT2D eigenvalue weighted by Gasteiger charge is -2.21. The summed E-state index contributed by atoms with van der Waals surface area (Å²) in [5, 5.41) is 9.61. The Balaban J connectivity index is 2.63. The average Bonchev–Trinajstić information content (AvgIpc) is 2.46. The summed E-state index contributed by atoms with van der Waals surface area (Å²) in [6.07, 6.45) is 0. The third kappa shape index (κ3) is 2.76. The zero-order valence-corrected chi connectivity index (χ0v) is 13.8. The van der Waals surface area contributed by atoms with E-state index >= 15 is 0 Å². The van der Waals surface area contributed by atoms with Crippen LogP contribution in [-0.4, -0.2) is 35.0 Å².